The highest BCUT2D eigenvalue weighted by atomic mass is 79.9. The van der Waals surface area contributed by atoms with Crippen LogP contribution in [0.3, 0.4) is 0 Å². The van der Waals surface area contributed by atoms with E-state index in [-0.39, 0.29) is 11.9 Å². The highest BCUT2D eigenvalue weighted by Crippen LogP contribution is 2.28. The number of aromatic nitrogens is 1. The lowest BCUT2D eigenvalue weighted by atomic mass is 10.0. The Hall–Kier alpha value is -3.02. The summed E-state index contributed by atoms with van der Waals surface area (Å²) < 4.78 is 0.938. The average molecular weight is 514 g/mol. The zero-order chi connectivity index (χ0) is 23.5. The highest BCUT2D eigenvalue weighted by molar-refractivity contribution is 9.10. The van der Waals surface area contributed by atoms with Crippen LogP contribution in [0.5, 0.6) is 0 Å². The smallest absolute Gasteiger partial charge is 0.252 e. The largest absolute Gasteiger partial charge is 0.349 e. The van der Waals surface area contributed by atoms with Crippen molar-refractivity contribution in [2.24, 2.45) is 0 Å². The van der Waals surface area contributed by atoms with E-state index in [1.807, 2.05) is 24.3 Å². The first-order valence-electron chi connectivity index (χ1n) is 11.8. The minimum absolute atomic E-state index is 0.0274. The molecule has 5 heteroatoms. The van der Waals surface area contributed by atoms with Crippen LogP contribution in [0.2, 0.25) is 0 Å². The van der Waals surface area contributed by atoms with Gasteiger partial charge in [-0.05, 0) is 49.6 Å². The Balaban J connectivity index is 1.34. The number of pyridine rings is 1. The van der Waals surface area contributed by atoms with Crippen LogP contribution in [-0.2, 0) is 6.54 Å². The van der Waals surface area contributed by atoms with Gasteiger partial charge in [0.25, 0.3) is 5.91 Å². The van der Waals surface area contributed by atoms with Crippen LogP contribution in [0.4, 0.5) is 0 Å². The summed E-state index contributed by atoms with van der Waals surface area (Å²) in [7, 11) is 0. The van der Waals surface area contributed by atoms with Crippen molar-refractivity contribution in [2.45, 2.75) is 32.4 Å². The number of halogens is 1. The van der Waals surface area contributed by atoms with Crippen molar-refractivity contribution >= 4 is 32.7 Å². The molecule has 172 valence electrons. The standard InChI is InChI=1S/C29H28BrN3O/c1-20-7-9-22(10-8-20)28-18-26(25-17-23(30)11-12-27(25)32-28)29(34)31-24-13-15-33(16-14-24)19-21-5-3-2-4-6-21/h2-12,17-18,24H,13-16,19H2,1H3,(H,31,34). The first-order chi connectivity index (χ1) is 16.5. The predicted octanol–water partition coefficient (Wildman–Crippen LogP) is 6.37. The first-order valence-corrected chi connectivity index (χ1v) is 12.6. The van der Waals surface area contributed by atoms with Crippen molar-refractivity contribution in [1.29, 1.82) is 0 Å². The molecular weight excluding hydrogens is 486 g/mol. The fourth-order valence-corrected chi connectivity index (χ4v) is 4.96. The Morgan fingerprint density at radius 3 is 2.47 bits per heavy atom. The second-order valence-corrected chi connectivity index (χ2v) is 10.0. The number of nitrogens with one attached hydrogen (secondary N) is 1. The second-order valence-electron chi connectivity index (χ2n) is 9.09. The Bertz CT molecular complexity index is 1300. The Morgan fingerprint density at radius 2 is 1.74 bits per heavy atom. The summed E-state index contributed by atoms with van der Waals surface area (Å²) in [6, 6.07) is 26.9. The molecule has 4 nitrogen and oxygen atoms in total. The van der Waals surface area contributed by atoms with Crippen LogP contribution in [-0.4, -0.2) is 34.9 Å². The molecule has 0 radical (unpaired) electrons. The van der Waals surface area contributed by atoms with Gasteiger partial charge in [0.15, 0.2) is 0 Å². The van der Waals surface area contributed by atoms with Gasteiger partial charge in [0, 0.05) is 41.1 Å². The second kappa shape index (κ2) is 10.1. The third-order valence-electron chi connectivity index (χ3n) is 6.53. The number of likely N-dealkylation sites (tertiary alicyclic amines) is 1. The molecule has 1 aliphatic heterocycles. The van der Waals surface area contributed by atoms with E-state index < -0.39 is 0 Å². The fraction of sp³-hybridized carbons (Fsp3) is 0.241. The molecule has 5 rings (SSSR count). The fourth-order valence-electron chi connectivity index (χ4n) is 4.60. The van der Waals surface area contributed by atoms with Crippen molar-refractivity contribution < 1.29 is 4.79 Å². The van der Waals surface area contributed by atoms with Crippen LogP contribution in [0, 0.1) is 6.92 Å². The van der Waals surface area contributed by atoms with Crippen molar-refractivity contribution in [3.05, 3.63) is 100 Å². The third kappa shape index (κ3) is 5.21. The first kappa shape index (κ1) is 22.8. The molecule has 1 aliphatic rings. The maximum absolute atomic E-state index is 13.5. The number of fused-ring (bicyclic) bond motifs is 1. The van der Waals surface area contributed by atoms with E-state index in [1.54, 1.807) is 0 Å². The quantitative estimate of drug-likeness (QED) is 0.337. The molecule has 0 bridgehead atoms. The van der Waals surface area contributed by atoms with Gasteiger partial charge in [-0.25, -0.2) is 4.98 Å². The highest BCUT2D eigenvalue weighted by Gasteiger charge is 2.23. The van der Waals surface area contributed by atoms with Gasteiger partial charge in [0.05, 0.1) is 16.8 Å². The van der Waals surface area contributed by atoms with Gasteiger partial charge in [-0.1, -0.05) is 76.1 Å². The van der Waals surface area contributed by atoms with Crippen LogP contribution < -0.4 is 5.32 Å². The average Bonchev–Trinajstić information content (AvgIpc) is 2.86. The van der Waals surface area contributed by atoms with Crippen molar-refractivity contribution in [3.8, 4) is 11.3 Å². The maximum atomic E-state index is 13.5. The third-order valence-corrected chi connectivity index (χ3v) is 7.03. The number of piperidine rings is 1. The summed E-state index contributed by atoms with van der Waals surface area (Å²) in [6.45, 7) is 5.00. The van der Waals surface area contributed by atoms with E-state index in [0.29, 0.717) is 5.56 Å². The number of rotatable bonds is 5. The van der Waals surface area contributed by atoms with E-state index >= 15 is 0 Å². The summed E-state index contributed by atoms with van der Waals surface area (Å²) in [5.74, 6) is -0.0274. The van der Waals surface area contributed by atoms with Crippen molar-refractivity contribution in [2.75, 3.05) is 13.1 Å². The minimum atomic E-state index is -0.0274. The molecule has 4 aromatic rings. The van der Waals surface area contributed by atoms with E-state index in [0.717, 1.165) is 59.1 Å². The van der Waals surface area contributed by atoms with Crippen LogP contribution in [0.1, 0.15) is 34.3 Å². The number of carbonyl (C=O) groups excluding carboxylic acids is 1. The van der Waals surface area contributed by atoms with Gasteiger partial charge in [-0.2, -0.15) is 0 Å². The van der Waals surface area contributed by atoms with Gasteiger partial charge < -0.3 is 5.32 Å². The summed E-state index contributed by atoms with van der Waals surface area (Å²) in [6.07, 6.45) is 1.91. The normalized spacial score (nSPS) is 14.9. The zero-order valence-corrected chi connectivity index (χ0v) is 20.9. The van der Waals surface area contributed by atoms with E-state index in [1.165, 1.54) is 11.1 Å². The molecular formula is C29H28BrN3O. The molecule has 0 spiro atoms. The molecule has 34 heavy (non-hydrogen) atoms. The van der Waals surface area contributed by atoms with Crippen molar-refractivity contribution in [3.63, 3.8) is 0 Å². The van der Waals surface area contributed by atoms with Crippen LogP contribution in [0.15, 0.2) is 83.3 Å². The predicted molar refractivity (Wildman–Crippen MR) is 142 cm³/mol. The summed E-state index contributed by atoms with van der Waals surface area (Å²) >= 11 is 3.55. The zero-order valence-electron chi connectivity index (χ0n) is 19.3. The van der Waals surface area contributed by atoms with Gasteiger partial charge in [0.1, 0.15) is 0 Å². The Kier molecular flexibility index (Phi) is 6.75. The molecule has 0 aliphatic carbocycles. The molecule has 1 fully saturated rings. The minimum Gasteiger partial charge on any atom is -0.349 e. The Morgan fingerprint density at radius 1 is 1.00 bits per heavy atom. The molecule has 1 aromatic heterocycles. The summed E-state index contributed by atoms with van der Waals surface area (Å²) in [5, 5.41) is 4.18. The van der Waals surface area contributed by atoms with Gasteiger partial charge >= 0.3 is 0 Å². The summed E-state index contributed by atoms with van der Waals surface area (Å²) in [5.41, 5.74) is 5.86. The maximum Gasteiger partial charge on any atom is 0.252 e. The molecule has 1 N–H and O–H groups in total. The van der Waals surface area contributed by atoms with Crippen LogP contribution >= 0.6 is 15.9 Å². The number of nitrogens with zero attached hydrogens (tertiary/aromatic N) is 2. The lowest BCUT2D eigenvalue weighted by Gasteiger charge is -2.32. The van der Waals surface area contributed by atoms with Gasteiger partial charge in [0.2, 0.25) is 0 Å². The topological polar surface area (TPSA) is 45.2 Å². The summed E-state index contributed by atoms with van der Waals surface area (Å²) in [4.78, 5) is 20.8. The number of hydrogen-bond acceptors (Lipinski definition) is 3. The number of hydrogen-bond donors (Lipinski definition) is 1. The van der Waals surface area contributed by atoms with Crippen molar-refractivity contribution in [1.82, 2.24) is 15.2 Å². The SMILES string of the molecule is Cc1ccc(-c2cc(C(=O)NC3CCN(Cc4ccccc4)CC3)c3cc(Br)ccc3n2)cc1. The number of benzene rings is 3. The number of amides is 1. The number of aryl methyl sites for hydroxylation is 1. The molecule has 0 atom stereocenters. The lowest BCUT2D eigenvalue weighted by Crippen LogP contribution is -2.44. The molecule has 2 heterocycles. The van der Waals surface area contributed by atoms with Gasteiger partial charge in [-0.3, -0.25) is 9.69 Å². The molecule has 1 saturated heterocycles. The van der Waals surface area contributed by atoms with E-state index in [4.69, 9.17) is 4.98 Å². The molecule has 3 aromatic carbocycles. The van der Waals surface area contributed by atoms with E-state index in [9.17, 15) is 4.79 Å². The Labute approximate surface area is 209 Å². The molecule has 0 saturated carbocycles. The monoisotopic (exact) mass is 513 g/mol. The van der Waals surface area contributed by atoms with Crippen LogP contribution in [0.25, 0.3) is 22.2 Å². The van der Waals surface area contributed by atoms with E-state index in [2.05, 4.69) is 87.7 Å². The molecule has 1 amide bonds. The lowest BCUT2D eigenvalue weighted by molar-refractivity contribution is 0.0910. The van der Waals surface area contributed by atoms with Gasteiger partial charge in [-0.15, -0.1) is 0 Å². The molecule has 0 unspecified atom stereocenters. The number of carbonyl (C=O) groups is 1.